The van der Waals surface area contributed by atoms with Crippen LogP contribution in [-0.4, -0.2) is 84.5 Å². The number of hydrogen-bond acceptors (Lipinski definition) is 5. The van der Waals surface area contributed by atoms with E-state index in [0.717, 1.165) is 32.5 Å². The molecule has 0 aliphatic carbocycles. The largest absolute Gasteiger partial charge is 0.362 e. The van der Waals surface area contributed by atoms with Gasteiger partial charge in [0.2, 0.25) is 5.91 Å². The quantitative estimate of drug-likeness (QED) is 0.725. The molecule has 2 saturated heterocycles. The highest BCUT2D eigenvalue weighted by Gasteiger charge is 2.31. The number of hydrogen-bond donors (Lipinski definition) is 1. The molecule has 0 radical (unpaired) electrons. The van der Waals surface area contributed by atoms with Crippen LogP contribution in [0.4, 0.5) is 13.2 Å². The second-order valence-corrected chi connectivity index (χ2v) is 9.21. The molecule has 33 heavy (non-hydrogen) atoms. The van der Waals surface area contributed by atoms with E-state index in [2.05, 4.69) is 17.1 Å². The van der Waals surface area contributed by atoms with E-state index < -0.39 is 17.5 Å². The monoisotopic (exact) mass is 463 g/mol. The summed E-state index contributed by atoms with van der Waals surface area (Å²) < 4.78 is 41.0. The number of carbonyl (C=O) groups is 1. The first-order chi connectivity index (χ1) is 15.8. The minimum absolute atomic E-state index is 0.0176. The Morgan fingerprint density at radius 1 is 0.970 bits per heavy atom. The lowest BCUT2D eigenvalue weighted by atomic mass is 9.94. The molecule has 2 fully saturated rings. The van der Waals surface area contributed by atoms with Crippen molar-refractivity contribution in [2.75, 3.05) is 52.9 Å². The predicted octanol–water partition coefficient (Wildman–Crippen LogP) is 2.13. The van der Waals surface area contributed by atoms with Gasteiger partial charge in [0.25, 0.3) is 0 Å². The third kappa shape index (κ3) is 5.77. The van der Waals surface area contributed by atoms with Crippen molar-refractivity contribution in [3.05, 3.63) is 59.1 Å². The summed E-state index contributed by atoms with van der Waals surface area (Å²) in [4.78, 5) is 21.1. The van der Waals surface area contributed by atoms with E-state index in [9.17, 15) is 18.0 Å². The number of carbonyl (C=O) groups excluding carboxylic acids is 1. The number of likely N-dealkylation sites (tertiary alicyclic amines) is 1. The zero-order valence-electron chi connectivity index (χ0n) is 19.0. The molecule has 3 aliphatic heterocycles. The SMILES string of the molecule is CN1C=CC(CN2CCC(C(=O)N3CCN(Cc4c(F)cc(F)cc4F)CC3)CC2)=CC1N. The van der Waals surface area contributed by atoms with Crippen LogP contribution in [0, 0.1) is 23.4 Å². The van der Waals surface area contributed by atoms with Gasteiger partial charge in [0.05, 0.1) is 6.17 Å². The second-order valence-electron chi connectivity index (χ2n) is 9.21. The summed E-state index contributed by atoms with van der Waals surface area (Å²) in [6, 6.07) is 1.41. The van der Waals surface area contributed by atoms with E-state index >= 15 is 0 Å². The predicted molar refractivity (Wildman–Crippen MR) is 120 cm³/mol. The Morgan fingerprint density at radius 3 is 2.18 bits per heavy atom. The summed E-state index contributed by atoms with van der Waals surface area (Å²) in [6.07, 6.45) is 7.71. The Bertz CT molecular complexity index is 898. The fourth-order valence-corrected chi connectivity index (χ4v) is 4.74. The molecule has 4 rings (SSSR count). The third-order valence-corrected chi connectivity index (χ3v) is 6.89. The Balaban J connectivity index is 1.22. The second kappa shape index (κ2) is 10.3. The van der Waals surface area contributed by atoms with Crippen molar-refractivity contribution in [3.8, 4) is 0 Å². The fourth-order valence-electron chi connectivity index (χ4n) is 4.74. The van der Waals surface area contributed by atoms with Gasteiger partial charge in [0, 0.05) is 76.1 Å². The average Bonchev–Trinajstić information content (AvgIpc) is 2.79. The van der Waals surface area contributed by atoms with Gasteiger partial charge in [-0.3, -0.25) is 14.6 Å². The van der Waals surface area contributed by atoms with Gasteiger partial charge in [-0.1, -0.05) is 0 Å². The summed E-state index contributed by atoms with van der Waals surface area (Å²) in [5.41, 5.74) is 7.14. The van der Waals surface area contributed by atoms with Gasteiger partial charge in [-0.15, -0.1) is 0 Å². The maximum Gasteiger partial charge on any atom is 0.225 e. The number of amides is 1. The van der Waals surface area contributed by atoms with E-state index in [1.165, 1.54) is 5.57 Å². The smallest absolute Gasteiger partial charge is 0.225 e. The lowest BCUT2D eigenvalue weighted by molar-refractivity contribution is -0.138. The van der Waals surface area contributed by atoms with Gasteiger partial charge in [-0.2, -0.15) is 0 Å². The molecule has 1 unspecified atom stereocenters. The average molecular weight is 464 g/mol. The van der Waals surface area contributed by atoms with E-state index in [0.29, 0.717) is 38.3 Å². The van der Waals surface area contributed by atoms with Crippen molar-refractivity contribution in [2.45, 2.75) is 25.6 Å². The molecule has 0 saturated carbocycles. The van der Waals surface area contributed by atoms with Crippen molar-refractivity contribution in [1.82, 2.24) is 19.6 Å². The summed E-state index contributed by atoms with van der Waals surface area (Å²) >= 11 is 0. The first-order valence-electron chi connectivity index (χ1n) is 11.5. The van der Waals surface area contributed by atoms with Crippen LogP contribution in [0.25, 0.3) is 0 Å². The molecule has 6 nitrogen and oxygen atoms in total. The van der Waals surface area contributed by atoms with Crippen LogP contribution < -0.4 is 5.73 Å². The summed E-state index contributed by atoms with van der Waals surface area (Å²) in [6.45, 7) is 4.80. The number of likely N-dealkylation sites (N-methyl/N-ethyl adjacent to an activating group) is 1. The number of piperidine rings is 1. The third-order valence-electron chi connectivity index (χ3n) is 6.89. The number of rotatable bonds is 5. The van der Waals surface area contributed by atoms with Gasteiger partial charge in [-0.05, 0) is 43.7 Å². The van der Waals surface area contributed by atoms with Gasteiger partial charge in [0.1, 0.15) is 17.5 Å². The summed E-state index contributed by atoms with van der Waals surface area (Å²) in [5.74, 6) is -2.46. The molecule has 0 spiro atoms. The van der Waals surface area contributed by atoms with Crippen LogP contribution in [0.3, 0.4) is 0 Å². The van der Waals surface area contributed by atoms with E-state index in [4.69, 9.17) is 5.73 Å². The van der Waals surface area contributed by atoms with Gasteiger partial charge in [-0.25, -0.2) is 13.2 Å². The van der Waals surface area contributed by atoms with Gasteiger partial charge < -0.3 is 15.5 Å². The topological polar surface area (TPSA) is 56.0 Å². The van der Waals surface area contributed by atoms with Crippen molar-refractivity contribution in [2.24, 2.45) is 11.7 Å². The molecule has 0 aromatic heterocycles. The molecule has 1 aromatic rings. The number of benzene rings is 1. The molecule has 1 amide bonds. The molecule has 3 aliphatic rings. The Morgan fingerprint density at radius 2 is 1.58 bits per heavy atom. The molecule has 0 bridgehead atoms. The zero-order valence-corrected chi connectivity index (χ0v) is 19.0. The van der Waals surface area contributed by atoms with Crippen molar-refractivity contribution < 1.29 is 18.0 Å². The van der Waals surface area contributed by atoms with Crippen LogP contribution >= 0.6 is 0 Å². The number of nitrogens with zero attached hydrogens (tertiary/aromatic N) is 4. The minimum Gasteiger partial charge on any atom is -0.362 e. The van der Waals surface area contributed by atoms with Crippen LogP contribution in [0.2, 0.25) is 0 Å². The van der Waals surface area contributed by atoms with Gasteiger partial charge in [0.15, 0.2) is 0 Å². The van der Waals surface area contributed by atoms with Crippen LogP contribution in [0.15, 0.2) is 36.1 Å². The fraction of sp³-hybridized carbons (Fsp3) is 0.542. The van der Waals surface area contributed by atoms with Crippen LogP contribution in [0.1, 0.15) is 18.4 Å². The molecule has 180 valence electrons. The summed E-state index contributed by atoms with van der Waals surface area (Å²) in [7, 11) is 1.95. The molecular formula is C24H32F3N5O. The van der Waals surface area contributed by atoms with E-state index in [1.54, 1.807) is 0 Å². The van der Waals surface area contributed by atoms with Crippen LogP contribution in [0.5, 0.6) is 0 Å². The normalized spacial score (nSPS) is 23.2. The maximum atomic E-state index is 13.9. The standard InChI is InChI=1S/C24H32F3N5O/c1-29-5-2-17(12-23(29)28)15-30-6-3-18(4-7-30)24(33)32-10-8-31(9-11-32)16-20-21(26)13-19(25)14-22(20)27/h2,5,12-14,18,23H,3-4,6-11,15-16,28H2,1H3. The maximum absolute atomic E-state index is 13.9. The summed E-state index contributed by atoms with van der Waals surface area (Å²) in [5, 5.41) is 0. The van der Waals surface area contributed by atoms with Crippen LogP contribution in [-0.2, 0) is 11.3 Å². The number of halogens is 3. The highest BCUT2D eigenvalue weighted by Crippen LogP contribution is 2.23. The molecule has 1 aromatic carbocycles. The highest BCUT2D eigenvalue weighted by molar-refractivity contribution is 5.79. The molecule has 3 heterocycles. The zero-order chi connectivity index (χ0) is 23.5. The van der Waals surface area contributed by atoms with Crippen molar-refractivity contribution in [3.63, 3.8) is 0 Å². The van der Waals surface area contributed by atoms with E-state index in [-0.39, 0.29) is 30.1 Å². The van der Waals surface area contributed by atoms with Crippen molar-refractivity contribution >= 4 is 5.91 Å². The Hall–Kier alpha value is -2.36. The number of piperazine rings is 1. The van der Waals surface area contributed by atoms with Crippen molar-refractivity contribution in [1.29, 1.82) is 0 Å². The lowest BCUT2D eigenvalue weighted by Gasteiger charge is -2.39. The molecule has 1 atom stereocenters. The Labute approximate surface area is 193 Å². The lowest BCUT2D eigenvalue weighted by Crippen LogP contribution is -2.51. The number of nitrogens with two attached hydrogens (primary N) is 1. The molecule has 2 N–H and O–H groups in total. The highest BCUT2D eigenvalue weighted by atomic mass is 19.1. The first-order valence-corrected chi connectivity index (χ1v) is 11.5. The minimum atomic E-state index is -0.918. The van der Waals surface area contributed by atoms with Gasteiger partial charge >= 0.3 is 0 Å². The Kier molecular flexibility index (Phi) is 7.41. The van der Waals surface area contributed by atoms with E-state index in [1.807, 2.05) is 27.9 Å². The molecular weight excluding hydrogens is 431 g/mol. The molecule has 9 heteroatoms. The first kappa shape index (κ1) is 23.8.